The molecule has 1 fully saturated rings. The molecule has 0 bridgehead atoms. The Labute approximate surface area is 115 Å². The van der Waals surface area contributed by atoms with E-state index in [4.69, 9.17) is 11.6 Å². The zero-order chi connectivity index (χ0) is 12.4. The van der Waals surface area contributed by atoms with Crippen LogP contribution in [-0.2, 0) is 6.54 Å². The van der Waals surface area contributed by atoms with Crippen molar-refractivity contribution in [3.8, 4) is 0 Å². The second kappa shape index (κ2) is 5.68. The minimum atomic E-state index is -0.191. The quantitative estimate of drug-likeness (QED) is 0.760. The third kappa shape index (κ3) is 3.21. The van der Waals surface area contributed by atoms with Crippen molar-refractivity contribution in [2.75, 3.05) is 12.4 Å². The van der Waals surface area contributed by atoms with E-state index in [1.54, 1.807) is 6.07 Å². The molecule has 1 aliphatic heterocycles. The molecule has 0 spiro atoms. The predicted octanol–water partition coefficient (Wildman–Crippen LogP) is 4.04. The molecule has 0 aromatic heterocycles. The lowest BCUT2D eigenvalue weighted by molar-refractivity contribution is 0.241. The predicted molar refractivity (Wildman–Crippen MR) is 72.8 cm³/mol. The maximum atomic E-state index is 13.3. The molecule has 1 aromatic carbocycles. The fourth-order valence-corrected chi connectivity index (χ4v) is 3.48. The lowest BCUT2D eigenvalue weighted by Gasteiger charge is -2.25. The molecule has 0 saturated carbocycles. The fraction of sp³-hybridized carbons (Fsp3) is 0.538. The molecule has 94 valence electrons. The van der Waals surface area contributed by atoms with E-state index in [9.17, 15) is 4.39 Å². The first-order chi connectivity index (χ1) is 8.10. The normalized spacial score (nSPS) is 25.4. The van der Waals surface area contributed by atoms with Crippen LogP contribution in [-0.4, -0.2) is 23.4 Å². The summed E-state index contributed by atoms with van der Waals surface area (Å²) in [7, 11) is 0. The molecule has 1 saturated heterocycles. The first kappa shape index (κ1) is 13.3. The lowest BCUT2D eigenvalue weighted by Crippen LogP contribution is -2.33. The molecule has 2 unspecified atom stereocenters. The number of benzene rings is 1. The van der Waals surface area contributed by atoms with Crippen LogP contribution < -0.4 is 0 Å². The summed E-state index contributed by atoms with van der Waals surface area (Å²) in [5.41, 5.74) is 1.00. The SMILES string of the molecule is CC1CCN(Cc2cc(F)cc(Br)c2)C1CCl. The van der Waals surface area contributed by atoms with Gasteiger partial charge in [0.1, 0.15) is 5.82 Å². The van der Waals surface area contributed by atoms with E-state index in [1.165, 1.54) is 12.5 Å². The topological polar surface area (TPSA) is 3.24 Å². The van der Waals surface area contributed by atoms with Crippen molar-refractivity contribution in [3.05, 3.63) is 34.1 Å². The van der Waals surface area contributed by atoms with Gasteiger partial charge in [-0.3, -0.25) is 4.90 Å². The molecule has 0 aliphatic carbocycles. The summed E-state index contributed by atoms with van der Waals surface area (Å²) in [5, 5.41) is 0. The van der Waals surface area contributed by atoms with E-state index in [0.29, 0.717) is 17.8 Å². The summed E-state index contributed by atoms with van der Waals surface area (Å²) in [6.45, 7) is 4.05. The minimum Gasteiger partial charge on any atom is -0.295 e. The van der Waals surface area contributed by atoms with Gasteiger partial charge in [-0.25, -0.2) is 4.39 Å². The molecule has 0 radical (unpaired) electrons. The Bertz CT molecular complexity index is 379. The molecule has 1 nitrogen and oxygen atoms in total. The van der Waals surface area contributed by atoms with E-state index >= 15 is 0 Å². The number of nitrogens with zero attached hydrogens (tertiary/aromatic N) is 1. The van der Waals surface area contributed by atoms with Gasteiger partial charge < -0.3 is 0 Å². The van der Waals surface area contributed by atoms with Gasteiger partial charge in [0.2, 0.25) is 0 Å². The highest BCUT2D eigenvalue weighted by Crippen LogP contribution is 2.27. The van der Waals surface area contributed by atoms with Crippen molar-refractivity contribution in [3.63, 3.8) is 0 Å². The van der Waals surface area contributed by atoms with Crippen LogP contribution in [0.5, 0.6) is 0 Å². The molecule has 2 atom stereocenters. The van der Waals surface area contributed by atoms with Crippen molar-refractivity contribution in [1.82, 2.24) is 4.90 Å². The maximum absolute atomic E-state index is 13.3. The van der Waals surface area contributed by atoms with Gasteiger partial charge in [0.25, 0.3) is 0 Å². The van der Waals surface area contributed by atoms with Crippen molar-refractivity contribution in [1.29, 1.82) is 0 Å². The largest absolute Gasteiger partial charge is 0.295 e. The third-order valence-electron chi connectivity index (χ3n) is 3.46. The van der Waals surface area contributed by atoms with Gasteiger partial charge in [0.15, 0.2) is 0 Å². The van der Waals surface area contributed by atoms with Crippen molar-refractivity contribution in [2.45, 2.75) is 25.9 Å². The summed E-state index contributed by atoms with van der Waals surface area (Å²) < 4.78 is 14.1. The highest BCUT2D eigenvalue weighted by atomic mass is 79.9. The van der Waals surface area contributed by atoms with Gasteiger partial charge in [0.05, 0.1) is 0 Å². The highest BCUT2D eigenvalue weighted by molar-refractivity contribution is 9.10. The third-order valence-corrected chi connectivity index (χ3v) is 4.24. The van der Waals surface area contributed by atoms with Gasteiger partial charge in [-0.05, 0) is 42.6 Å². The first-order valence-corrected chi connectivity index (χ1v) is 7.18. The number of halogens is 3. The van der Waals surface area contributed by atoms with Crippen molar-refractivity contribution in [2.24, 2.45) is 5.92 Å². The van der Waals surface area contributed by atoms with E-state index in [1.807, 2.05) is 6.07 Å². The Hall–Kier alpha value is -0.120. The van der Waals surface area contributed by atoms with Crippen LogP contribution in [0.2, 0.25) is 0 Å². The van der Waals surface area contributed by atoms with Crippen LogP contribution in [0.1, 0.15) is 18.9 Å². The van der Waals surface area contributed by atoms with Gasteiger partial charge in [0, 0.05) is 22.9 Å². The number of rotatable bonds is 3. The maximum Gasteiger partial charge on any atom is 0.124 e. The second-order valence-corrected chi connectivity index (χ2v) is 5.96. The highest BCUT2D eigenvalue weighted by Gasteiger charge is 2.30. The molecule has 17 heavy (non-hydrogen) atoms. The zero-order valence-electron chi connectivity index (χ0n) is 9.80. The smallest absolute Gasteiger partial charge is 0.124 e. The Balaban J connectivity index is 2.10. The average Bonchev–Trinajstić information content (AvgIpc) is 2.57. The van der Waals surface area contributed by atoms with Crippen LogP contribution >= 0.6 is 27.5 Å². The number of hydrogen-bond acceptors (Lipinski definition) is 1. The molecule has 4 heteroatoms. The molecule has 1 aromatic rings. The second-order valence-electron chi connectivity index (χ2n) is 4.74. The molecule has 1 aliphatic rings. The molecule has 2 rings (SSSR count). The summed E-state index contributed by atoms with van der Waals surface area (Å²) in [6, 6.07) is 5.46. The zero-order valence-corrected chi connectivity index (χ0v) is 12.1. The van der Waals surface area contributed by atoms with Gasteiger partial charge in [-0.1, -0.05) is 22.9 Å². The molecular formula is C13H16BrClFN. The molecule has 1 heterocycles. The lowest BCUT2D eigenvalue weighted by atomic mass is 10.0. The van der Waals surface area contributed by atoms with Crippen LogP contribution in [0, 0.1) is 11.7 Å². The standard InChI is InChI=1S/C13H16BrClFN/c1-9-2-3-17(13(9)7-15)8-10-4-11(14)6-12(16)5-10/h4-6,9,13H,2-3,7-8H2,1H3. The molecule has 0 N–H and O–H groups in total. The Morgan fingerprint density at radius 2 is 2.24 bits per heavy atom. The van der Waals surface area contributed by atoms with Crippen LogP contribution in [0.3, 0.4) is 0 Å². The number of likely N-dealkylation sites (tertiary alicyclic amines) is 1. The summed E-state index contributed by atoms with van der Waals surface area (Å²) in [6.07, 6.45) is 1.17. The molecule has 0 amide bonds. The summed E-state index contributed by atoms with van der Waals surface area (Å²) in [4.78, 5) is 2.35. The molecular weight excluding hydrogens is 305 g/mol. The summed E-state index contributed by atoms with van der Waals surface area (Å²) >= 11 is 9.32. The monoisotopic (exact) mass is 319 g/mol. The van der Waals surface area contributed by atoms with E-state index < -0.39 is 0 Å². The first-order valence-electron chi connectivity index (χ1n) is 5.85. The van der Waals surface area contributed by atoms with Crippen molar-refractivity contribution >= 4 is 27.5 Å². The average molecular weight is 321 g/mol. The fourth-order valence-electron chi connectivity index (χ4n) is 2.47. The Morgan fingerprint density at radius 3 is 2.88 bits per heavy atom. The van der Waals surface area contributed by atoms with Crippen LogP contribution in [0.4, 0.5) is 4.39 Å². The minimum absolute atomic E-state index is 0.191. The van der Waals surface area contributed by atoms with E-state index in [2.05, 4.69) is 27.8 Å². The van der Waals surface area contributed by atoms with E-state index in [0.717, 1.165) is 23.1 Å². The van der Waals surface area contributed by atoms with Crippen LogP contribution in [0.25, 0.3) is 0 Å². The Morgan fingerprint density at radius 1 is 1.47 bits per heavy atom. The van der Waals surface area contributed by atoms with Crippen LogP contribution in [0.15, 0.2) is 22.7 Å². The number of alkyl halides is 1. The van der Waals surface area contributed by atoms with E-state index in [-0.39, 0.29) is 5.82 Å². The number of hydrogen-bond donors (Lipinski definition) is 0. The van der Waals surface area contributed by atoms with Gasteiger partial charge >= 0.3 is 0 Å². The van der Waals surface area contributed by atoms with Gasteiger partial charge in [-0.2, -0.15) is 0 Å². The Kier molecular flexibility index (Phi) is 4.45. The van der Waals surface area contributed by atoms with Gasteiger partial charge in [-0.15, -0.1) is 11.6 Å². The van der Waals surface area contributed by atoms with Crippen molar-refractivity contribution < 1.29 is 4.39 Å². The summed E-state index contributed by atoms with van der Waals surface area (Å²) in [5.74, 6) is 1.09.